The predicted molar refractivity (Wildman–Crippen MR) is 107 cm³/mol. The summed E-state index contributed by atoms with van der Waals surface area (Å²) in [7, 11) is -3.68. The minimum absolute atomic E-state index is 0.133. The van der Waals surface area contributed by atoms with Crippen molar-refractivity contribution in [2.24, 2.45) is 0 Å². The zero-order valence-electron chi connectivity index (χ0n) is 15.1. The van der Waals surface area contributed by atoms with Crippen LogP contribution < -0.4 is 4.72 Å². The summed E-state index contributed by atoms with van der Waals surface area (Å²) in [6.07, 6.45) is 1.03. The molecule has 8 nitrogen and oxygen atoms in total. The molecular weight excluding hydrogens is 396 g/mol. The van der Waals surface area contributed by atoms with Crippen molar-refractivity contribution in [2.75, 3.05) is 6.54 Å². The van der Waals surface area contributed by atoms with E-state index in [0.717, 1.165) is 23.1 Å². The molecule has 0 radical (unpaired) electrons. The van der Waals surface area contributed by atoms with Crippen molar-refractivity contribution in [3.8, 4) is 0 Å². The molecule has 0 saturated heterocycles. The minimum atomic E-state index is -3.68. The van der Waals surface area contributed by atoms with Crippen LogP contribution in [-0.2, 0) is 22.9 Å². The highest BCUT2D eigenvalue weighted by molar-refractivity contribution is 7.89. The van der Waals surface area contributed by atoms with Gasteiger partial charge in [-0.1, -0.05) is 35.9 Å². The van der Waals surface area contributed by atoms with Crippen LogP contribution in [0.4, 0.5) is 0 Å². The third kappa shape index (κ3) is 4.08. The van der Waals surface area contributed by atoms with E-state index in [1.54, 1.807) is 12.1 Å². The molecule has 0 bridgehead atoms. The number of hydrogen-bond acceptors (Lipinski definition) is 7. The van der Waals surface area contributed by atoms with E-state index in [2.05, 4.69) is 52.9 Å². The Balaban J connectivity index is 1.38. The molecule has 2 N–H and O–H groups in total. The number of nitrogens with zero attached hydrogens (tertiary/aromatic N) is 4. The third-order valence-corrected chi connectivity index (χ3v) is 6.28. The van der Waals surface area contributed by atoms with E-state index in [0.29, 0.717) is 29.7 Å². The van der Waals surface area contributed by atoms with Crippen LogP contribution in [-0.4, -0.2) is 38.9 Å². The Labute approximate surface area is 166 Å². The molecule has 0 aliphatic carbocycles. The van der Waals surface area contributed by atoms with E-state index in [1.165, 1.54) is 11.6 Å². The maximum Gasteiger partial charge on any atom is 0.242 e. The number of nitrogens with one attached hydrogen (secondary N) is 2. The highest BCUT2D eigenvalue weighted by atomic mass is 32.2. The summed E-state index contributed by atoms with van der Waals surface area (Å²) >= 11 is 0.992. The summed E-state index contributed by atoms with van der Waals surface area (Å²) in [6.45, 7) is 2.24. The van der Waals surface area contributed by atoms with Gasteiger partial charge in [0.1, 0.15) is 21.8 Å². The van der Waals surface area contributed by atoms with Crippen LogP contribution in [0.15, 0.2) is 47.4 Å². The lowest BCUT2D eigenvalue weighted by Gasteiger charge is -2.05. The quantitative estimate of drug-likeness (QED) is 0.479. The summed E-state index contributed by atoms with van der Waals surface area (Å²) in [4.78, 5) is 4.57. The Kier molecular flexibility index (Phi) is 5.16. The molecule has 2 aromatic heterocycles. The molecule has 0 fully saturated rings. The fourth-order valence-electron chi connectivity index (χ4n) is 2.80. The summed E-state index contributed by atoms with van der Waals surface area (Å²) < 4.78 is 35.9. The lowest BCUT2D eigenvalue weighted by atomic mass is 10.1. The fraction of sp³-hybridized carbons (Fsp3) is 0.222. The second-order valence-electron chi connectivity index (χ2n) is 6.40. The molecule has 4 aromatic rings. The number of fused-ring (bicyclic) bond motifs is 1. The third-order valence-electron chi connectivity index (χ3n) is 4.25. The molecule has 0 unspecified atom stereocenters. The van der Waals surface area contributed by atoms with Gasteiger partial charge in [-0.2, -0.15) is 13.8 Å². The van der Waals surface area contributed by atoms with Gasteiger partial charge in [0.25, 0.3) is 0 Å². The summed E-state index contributed by atoms with van der Waals surface area (Å²) in [6, 6.07) is 13.1. The zero-order valence-corrected chi connectivity index (χ0v) is 16.7. The lowest BCUT2D eigenvalue weighted by molar-refractivity contribution is 0.581. The largest absolute Gasteiger partial charge is 0.263 e. The Morgan fingerprint density at radius 1 is 1.11 bits per heavy atom. The molecule has 144 valence electrons. The molecule has 0 aliphatic rings. The van der Waals surface area contributed by atoms with Crippen molar-refractivity contribution in [1.82, 2.24) is 28.7 Å². The van der Waals surface area contributed by atoms with Crippen molar-refractivity contribution >= 4 is 32.8 Å². The van der Waals surface area contributed by atoms with Gasteiger partial charge >= 0.3 is 0 Å². The molecule has 0 saturated carbocycles. The monoisotopic (exact) mass is 414 g/mol. The Bertz CT molecular complexity index is 1200. The first kappa shape index (κ1) is 18.7. The average molecular weight is 415 g/mol. The van der Waals surface area contributed by atoms with Crippen LogP contribution in [0.3, 0.4) is 0 Å². The molecule has 0 amide bonds. The smallest absolute Gasteiger partial charge is 0.242 e. The first-order valence-electron chi connectivity index (χ1n) is 8.68. The van der Waals surface area contributed by atoms with Crippen LogP contribution >= 0.6 is 11.7 Å². The summed E-state index contributed by atoms with van der Waals surface area (Å²) in [5.41, 5.74) is 3.30. The van der Waals surface area contributed by atoms with Crippen molar-refractivity contribution in [3.05, 3.63) is 65.2 Å². The first-order chi connectivity index (χ1) is 13.5. The highest BCUT2D eigenvalue weighted by Crippen LogP contribution is 2.20. The maximum absolute atomic E-state index is 12.6. The molecule has 28 heavy (non-hydrogen) atoms. The van der Waals surface area contributed by atoms with Crippen molar-refractivity contribution < 1.29 is 8.42 Å². The summed E-state index contributed by atoms with van der Waals surface area (Å²) in [5.74, 6) is 1.32. The Morgan fingerprint density at radius 2 is 1.93 bits per heavy atom. The number of H-pyrrole nitrogens is 1. The number of hydrogen-bond donors (Lipinski definition) is 2. The molecule has 0 atom stereocenters. The second-order valence-corrected chi connectivity index (χ2v) is 8.66. The Morgan fingerprint density at radius 3 is 2.75 bits per heavy atom. The van der Waals surface area contributed by atoms with Gasteiger partial charge in [-0.15, -0.1) is 0 Å². The maximum atomic E-state index is 12.6. The van der Waals surface area contributed by atoms with Gasteiger partial charge in [-0.05, 0) is 24.6 Å². The van der Waals surface area contributed by atoms with E-state index in [-0.39, 0.29) is 11.4 Å². The van der Waals surface area contributed by atoms with Gasteiger partial charge in [-0.25, -0.2) is 18.1 Å². The zero-order chi connectivity index (χ0) is 19.6. The second kappa shape index (κ2) is 7.74. The number of aryl methyl sites for hydroxylation is 1. The van der Waals surface area contributed by atoms with Crippen LogP contribution in [0.1, 0.15) is 22.8 Å². The van der Waals surface area contributed by atoms with Crippen molar-refractivity contribution in [1.29, 1.82) is 0 Å². The molecule has 4 rings (SSSR count). The van der Waals surface area contributed by atoms with Crippen LogP contribution in [0.5, 0.6) is 0 Å². The number of aromatic amines is 1. The molecule has 2 aromatic carbocycles. The Hall–Kier alpha value is -2.69. The molecule has 0 spiro atoms. The fourth-order valence-corrected chi connectivity index (χ4v) is 4.59. The number of benzene rings is 2. The van der Waals surface area contributed by atoms with Crippen molar-refractivity contribution in [2.45, 2.75) is 24.7 Å². The van der Waals surface area contributed by atoms with Crippen LogP contribution in [0.25, 0.3) is 11.0 Å². The standard InChI is InChI=1S/C18H18N6O2S2/c1-12-5-7-13(8-6-12)11-17-20-16(21-22-17)9-10-19-28(25,26)15-4-2-3-14-18(15)24-27-23-14/h2-8,19H,9-11H2,1H3,(H,20,21,22). The normalized spacial score (nSPS) is 11.9. The predicted octanol–water partition coefficient (Wildman–Crippen LogP) is 2.23. The van der Waals surface area contributed by atoms with Gasteiger partial charge in [-0.3, -0.25) is 5.10 Å². The van der Waals surface area contributed by atoms with Gasteiger partial charge in [0.05, 0.1) is 11.7 Å². The van der Waals surface area contributed by atoms with E-state index in [9.17, 15) is 8.42 Å². The first-order valence-corrected chi connectivity index (χ1v) is 10.9. The topological polar surface area (TPSA) is 114 Å². The van der Waals surface area contributed by atoms with Gasteiger partial charge < -0.3 is 0 Å². The average Bonchev–Trinajstić information content (AvgIpc) is 3.32. The number of sulfonamides is 1. The number of rotatable bonds is 7. The van der Waals surface area contributed by atoms with Crippen LogP contribution in [0, 0.1) is 6.92 Å². The highest BCUT2D eigenvalue weighted by Gasteiger charge is 2.19. The van der Waals surface area contributed by atoms with E-state index < -0.39 is 10.0 Å². The summed E-state index contributed by atoms with van der Waals surface area (Å²) in [5, 5.41) is 7.09. The van der Waals surface area contributed by atoms with Crippen LogP contribution in [0.2, 0.25) is 0 Å². The van der Waals surface area contributed by atoms with Gasteiger partial charge in [0.2, 0.25) is 10.0 Å². The molecular formula is C18H18N6O2S2. The van der Waals surface area contributed by atoms with Gasteiger partial charge in [0.15, 0.2) is 5.82 Å². The minimum Gasteiger partial charge on any atom is -0.263 e. The molecule has 2 heterocycles. The lowest BCUT2D eigenvalue weighted by Crippen LogP contribution is -2.26. The molecule has 10 heteroatoms. The SMILES string of the molecule is Cc1ccc(Cc2nc(CCNS(=O)(=O)c3cccc4nsnc34)n[nH]2)cc1. The van der Waals surface area contributed by atoms with E-state index in [4.69, 9.17) is 0 Å². The van der Waals surface area contributed by atoms with E-state index >= 15 is 0 Å². The van der Waals surface area contributed by atoms with Crippen molar-refractivity contribution in [3.63, 3.8) is 0 Å². The van der Waals surface area contributed by atoms with Gasteiger partial charge in [0, 0.05) is 19.4 Å². The molecule has 0 aliphatic heterocycles. The van der Waals surface area contributed by atoms with E-state index in [1.807, 2.05) is 6.92 Å². The number of aromatic nitrogens is 5.